The highest BCUT2D eigenvalue weighted by molar-refractivity contribution is 7.47. The zero-order chi connectivity index (χ0) is 36.4. The molecule has 49 heavy (non-hydrogen) atoms. The zero-order valence-corrected chi connectivity index (χ0v) is 31.4. The summed E-state index contributed by atoms with van der Waals surface area (Å²) in [5, 5.41) is 8.85. The third-order valence-electron chi connectivity index (χ3n) is 7.95. The summed E-state index contributed by atoms with van der Waals surface area (Å²) in [7, 11) is -4.71. The highest BCUT2D eigenvalue weighted by atomic mass is 31.2. The van der Waals surface area contributed by atoms with Gasteiger partial charge in [0.25, 0.3) is 0 Å². The van der Waals surface area contributed by atoms with E-state index in [1.165, 1.54) is 77.0 Å². The van der Waals surface area contributed by atoms with Crippen molar-refractivity contribution in [2.45, 2.75) is 174 Å². The highest BCUT2D eigenvalue weighted by Gasteiger charge is 2.28. The Bertz CT molecular complexity index is 942. The van der Waals surface area contributed by atoms with Gasteiger partial charge in [-0.05, 0) is 44.9 Å². The fourth-order valence-corrected chi connectivity index (χ4v) is 5.70. The van der Waals surface area contributed by atoms with Crippen LogP contribution < -0.4 is 5.73 Å². The van der Waals surface area contributed by atoms with Crippen molar-refractivity contribution in [3.05, 3.63) is 24.3 Å². The van der Waals surface area contributed by atoms with Gasteiger partial charge in [-0.1, -0.05) is 128 Å². The van der Waals surface area contributed by atoms with Gasteiger partial charge in [0.05, 0.1) is 13.2 Å². The van der Waals surface area contributed by atoms with Crippen LogP contribution >= 0.6 is 7.82 Å². The molecule has 12 heteroatoms. The van der Waals surface area contributed by atoms with Crippen LogP contribution in [0.5, 0.6) is 0 Å². The Labute approximate surface area is 296 Å². The van der Waals surface area contributed by atoms with Crippen molar-refractivity contribution in [2.75, 3.05) is 19.8 Å². The molecule has 0 aromatic carbocycles. The molecule has 0 saturated carbocycles. The molecule has 0 heterocycles. The van der Waals surface area contributed by atoms with Crippen LogP contribution in [0.25, 0.3) is 0 Å². The number of rotatable bonds is 35. The molecule has 0 saturated heterocycles. The smallest absolute Gasteiger partial charge is 0.472 e. The summed E-state index contributed by atoms with van der Waals surface area (Å²) >= 11 is 0. The molecule has 0 aliphatic rings. The molecule has 0 spiro atoms. The number of carbonyl (C=O) groups excluding carboxylic acids is 2. The molecule has 286 valence electrons. The molecule has 1 unspecified atom stereocenters. The SMILES string of the molecule is CCCCCCCC/C=C/C/C=C/CCCCC(=O)O[C@H](COC(=O)CCCCCCCCCCCC)COP(=O)(O)OC[C@H](N)C(=O)O. The van der Waals surface area contributed by atoms with Crippen molar-refractivity contribution >= 4 is 25.7 Å². The molecular formula is C37H68NO10P. The Hall–Kier alpha value is -2.04. The molecule has 0 aliphatic carbocycles. The van der Waals surface area contributed by atoms with E-state index in [0.29, 0.717) is 12.8 Å². The van der Waals surface area contributed by atoms with Gasteiger partial charge in [0.1, 0.15) is 12.6 Å². The summed E-state index contributed by atoms with van der Waals surface area (Å²) in [6.45, 7) is 2.72. The quantitative estimate of drug-likeness (QED) is 0.0247. The molecule has 11 nitrogen and oxygen atoms in total. The maximum absolute atomic E-state index is 12.5. The van der Waals surface area contributed by atoms with E-state index < -0.39 is 51.1 Å². The molecule has 0 amide bonds. The molecule has 0 bridgehead atoms. The lowest BCUT2D eigenvalue weighted by Gasteiger charge is -2.20. The molecule has 0 rings (SSSR count). The maximum atomic E-state index is 12.5. The van der Waals surface area contributed by atoms with E-state index >= 15 is 0 Å². The standard InChI is InChI=1S/C37H68NO10P/c1-3-5-7-9-11-13-15-16-17-18-19-21-23-25-27-29-36(40)48-33(31-46-49(43,44)47-32-34(38)37(41)42)30-45-35(39)28-26-24-22-20-14-12-10-8-6-4-2/h16-17,19,21,33-34H,3-15,18,20,22-32,38H2,1-2H3,(H,41,42)(H,43,44)/b17-16+,21-19+/t33-,34+/m1/s1. The highest BCUT2D eigenvalue weighted by Crippen LogP contribution is 2.43. The van der Waals surface area contributed by atoms with Crippen LogP contribution in [0, 0.1) is 0 Å². The van der Waals surface area contributed by atoms with Gasteiger partial charge in [0, 0.05) is 12.8 Å². The summed E-state index contributed by atoms with van der Waals surface area (Å²) in [5.41, 5.74) is 5.31. The first-order chi connectivity index (χ1) is 23.6. The molecule has 0 aromatic rings. The van der Waals surface area contributed by atoms with Crippen molar-refractivity contribution in [2.24, 2.45) is 5.73 Å². The van der Waals surface area contributed by atoms with E-state index in [-0.39, 0.29) is 19.4 Å². The summed E-state index contributed by atoms with van der Waals surface area (Å²) < 4.78 is 32.5. The second-order valence-electron chi connectivity index (χ2n) is 12.7. The number of aliphatic carboxylic acids is 1. The monoisotopic (exact) mass is 717 g/mol. The van der Waals surface area contributed by atoms with Gasteiger partial charge in [-0.3, -0.25) is 23.4 Å². The lowest BCUT2D eigenvalue weighted by atomic mass is 10.1. The van der Waals surface area contributed by atoms with Crippen LogP contribution in [0.15, 0.2) is 24.3 Å². The number of carboxylic acids is 1. The molecule has 0 radical (unpaired) electrons. The topological polar surface area (TPSA) is 172 Å². The summed E-state index contributed by atoms with van der Waals surface area (Å²) in [4.78, 5) is 45.6. The number of esters is 2. The first-order valence-electron chi connectivity index (χ1n) is 18.9. The number of unbranched alkanes of at least 4 members (excludes halogenated alkanes) is 17. The van der Waals surface area contributed by atoms with Crippen LogP contribution in [0.1, 0.15) is 162 Å². The lowest BCUT2D eigenvalue weighted by Crippen LogP contribution is -2.34. The van der Waals surface area contributed by atoms with Crippen LogP contribution in [-0.2, 0) is 37.5 Å². The van der Waals surface area contributed by atoms with E-state index in [2.05, 4.69) is 42.7 Å². The van der Waals surface area contributed by atoms with E-state index in [4.69, 9.17) is 24.8 Å². The van der Waals surface area contributed by atoms with E-state index in [0.717, 1.165) is 44.9 Å². The number of hydrogen-bond donors (Lipinski definition) is 3. The molecule has 3 atom stereocenters. The fraction of sp³-hybridized carbons (Fsp3) is 0.811. The van der Waals surface area contributed by atoms with Gasteiger partial charge < -0.3 is 25.2 Å². The normalized spacial score (nSPS) is 14.2. The largest absolute Gasteiger partial charge is 0.480 e. The van der Waals surface area contributed by atoms with E-state index in [1.54, 1.807) is 0 Å². The molecule has 0 aromatic heterocycles. The molecule has 0 fully saturated rings. The van der Waals surface area contributed by atoms with Gasteiger partial charge in [-0.2, -0.15) is 0 Å². The minimum absolute atomic E-state index is 0.121. The summed E-state index contributed by atoms with van der Waals surface area (Å²) in [6.07, 6.45) is 31.2. The summed E-state index contributed by atoms with van der Waals surface area (Å²) in [6, 6.07) is -1.52. The van der Waals surface area contributed by atoms with Gasteiger partial charge in [-0.15, -0.1) is 0 Å². The molecule has 4 N–H and O–H groups in total. The number of phosphoric ester groups is 1. The minimum Gasteiger partial charge on any atom is -0.480 e. The number of carbonyl (C=O) groups is 3. The Morgan fingerprint density at radius 1 is 0.633 bits per heavy atom. The minimum atomic E-state index is -4.71. The van der Waals surface area contributed by atoms with Crippen molar-refractivity contribution in [3.8, 4) is 0 Å². The van der Waals surface area contributed by atoms with Crippen LogP contribution in [0.3, 0.4) is 0 Å². The van der Waals surface area contributed by atoms with Gasteiger partial charge >= 0.3 is 25.7 Å². The van der Waals surface area contributed by atoms with Gasteiger partial charge in [-0.25, -0.2) is 4.57 Å². The van der Waals surface area contributed by atoms with Crippen LogP contribution in [0.4, 0.5) is 0 Å². The molecular weight excluding hydrogens is 649 g/mol. The fourth-order valence-electron chi connectivity index (χ4n) is 4.92. The number of nitrogens with two attached hydrogens (primary N) is 1. The number of phosphoric acid groups is 1. The van der Waals surface area contributed by atoms with E-state index in [9.17, 15) is 23.8 Å². The first kappa shape index (κ1) is 47.0. The maximum Gasteiger partial charge on any atom is 0.472 e. The number of hydrogen-bond acceptors (Lipinski definition) is 9. The average molecular weight is 718 g/mol. The van der Waals surface area contributed by atoms with E-state index in [1.807, 2.05) is 0 Å². The third-order valence-corrected chi connectivity index (χ3v) is 8.90. The van der Waals surface area contributed by atoms with Gasteiger partial charge in [0.2, 0.25) is 0 Å². The number of allylic oxidation sites excluding steroid dienone is 4. The summed E-state index contributed by atoms with van der Waals surface area (Å²) in [5.74, 6) is -2.42. The van der Waals surface area contributed by atoms with Crippen molar-refractivity contribution in [1.29, 1.82) is 0 Å². The first-order valence-corrected chi connectivity index (χ1v) is 20.4. The number of ether oxygens (including phenoxy) is 2. The number of carboxylic acid groups (broad SMARTS) is 1. The average Bonchev–Trinajstić information content (AvgIpc) is 3.07. The second kappa shape index (κ2) is 33.1. The molecule has 0 aliphatic heterocycles. The van der Waals surface area contributed by atoms with Crippen molar-refractivity contribution in [1.82, 2.24) is 0 Å². The zero-order valence-electron chi connectivity index (χ0n) is 30.5. The second-order valence-corrected chi connectivity index (χ2v) is 14.2. The predicted molar refractivity (Wildman–Crippen MR) is 194 cm³/mol. The van der Waals surface area contributed by atoms with Crippen LogP contribution in [-0.4, -0.2) is 59.9 Å². The Kier molecular flexibility index (Phi) is 31.7. The van der Waals surface area contributed by atoms with Crippen LogP contribution in [0.2, 0.25) is 0 Å². The lowest BCUT2D eigenvalue weighted by molar-refractivity contribution is -0.161. The Morgan fingerprint density at radius 2 is 1.08 bits per heavy atom. The van der Waals surface area contributed by atoms with Gasteiger partial charge in [0.15, 0.2) is 6.10 Å². The van der Waals surface area contributed by atoms with Crippen molar-refractivity contribution < 1.29 is 47.5 Å². The Balaban J connectivity index is 4.50. The third kappa shape index (κ3) is 32.9. The Morgan fingerprint density at radius 3 is 1.63 bits per heavy atom. The van der Waals surface area contributed by atoms with Crippen molar-refractivity contribution in [3.63, 3.8) is 0 Å². The predicted octanol–water partition coefficient (Wildman–Crippen LogP) is 9.11.